The predicted octanol–water partition coefficient (Wildman–Crippen LogP) is 3.81. The number of nitrogens with zero attached hydrogens (tertiary/aromatic N) is 2. The van der Waals surface area contributed by atoms with Crippen LogP contribution in [-0.2, 0) is 6.42 Å². The van der Waals surface area contributed by atoms with Crippen LogP contribution in [0.5, 0.6) is 11.5 Å². The molecule has 0 aliphatic heterocycles. The average Bonchev–Trinajstić information content (AvgIpc) is 3.09. The maximum atomic E-state index is 12.7. The van der Waals surface area contributed by atoms with Gasteiger partial charge in [0, 0.05) is 6.42 Å². The first kappa shape index (κ1) is 19.0. The first-order valence-electron chi connectivity index (χ1n) is 7.91. The van der Waals surface area contributed by atoms with Gasteiger partial charge in [0.05, 0.1) is 10.6 Å². The number of rotatable bonds is 5. The lowest BCUT2D eigenvalue weighted by atomic mass is 10.0. The van der Waals surface area contributed by atoms with Crippen LogP contribution in [0, 0.1) is 6.92 Å². The number of hydrogen-bond acceptors (Lipinski definition) is 6. The molecule has 1 aromatic heterocycles. The van der Waals surface area contributed by atoms with E-state index in [2.05, 4.69) is 15.5 Å². The lowest BCUT2D eigenvalue weighted by molar-refractivity contribution is 0.0925. The molecule has 0 spiro atoms. The van der Waals surface area contributed by atoms with E-state index in [4.69, 9.17) is 27.7 Å². The average molecular weight is 408 g/mol. The van der Waals surface area contributed by atoms with Crippen molar-refractivity contribution in [1.29, 1.82) is 0 Å². The van der Waals surface area contributed by atoms with Crippen molar-refractivity contribution >= 4 is 29.1 Å². The molecule has 1 amide bonds. The number of carbonyl (C=O) groups is 1. The third-order valence-corrected chi connectivity index (χ3v) is 4.49. The molecule has 1 atom stereocenters. The number of nitrogens with one attached hydrogen (secondary N) is 1. The number of aromatic hydroxyl groups is 2. The van der Waals surface area contributed by atoms with Gasteiger partial charge >= 0.3 is 0 Å². The molecule has 0 radical (unpaired) electrons. The molecule has 0 aliphatic rings. The van der Waals surface area contributed by atoms with E-state index in [1.54, 1.807) is 6.92 Å². The fourth-order valence-corrected chi connectivity index (χ4v) is 2.97. The number of aryl methyl sites for hydroxylation is 1. The van der Waals surface area contributed by atoms with Crippen molar-refractivity contribution in [3.8, 4) is 11.5 Å². The molecule has 1 heterocycles. The van der Waals surface area contributed by atoms with Crippen LogP contribution in [0.4, 0.5) is 0 Å². The van der Waals surface area contributed by atoms with Crippen molar-refractivity contribution in [2.24, 2.45) is 0 Å². The summed E-state index contributed by atoms with van der Waals surface area (Å²) in [6.45, 7) is 1.67. The lowest BCUT2D eigenvalue weighted by Gasteiger charge is -2.16. The molecule has 9 heteroatoms. The van der Waals surface area contributed by atoms with Crippen LogP contribution in [0.15, 0.2) is 40.9 Å². The maximum absolute atomic E-state index is 12.7. The third-order valence-electron chi connectivity index (χ3n) is 3.84. The summed E-state index contributed by atoms with van der Waals surface area (Å²) in [6.07, 6.45) is 0.383. The molecule has 0 saturated heterocycles. The van der Waals surface area contributed by atoms with Crippen LogP contribution < -0.4 is 5.32 Å². The Labute approximate surface area is 164 Å². The zero-order chi connectivity index (χ0) is 19.6. The molecule has 0 saturated carbocycles. The molecular weight excluding hydrogens is 393 g/mol. The van der Waals surface area contributed by atoms with Crippen LogP contribution in [0.3, 0.4) is 0 Å². The SMILES string of the molecule is Cc1noc(C(Cc2ccccc2)NC(=O)c2cc(Cl)c(O)c(Cl)c2O)n1. The fourth-order valence-electron chi connectivity index (χ4n) is 2.51. The minimum Gasteiger partial charge on any atom is -0.505 e. The molecule has 140 valence electrons. The Morgan fingerprint density at radius 2 is 1.93 bits per heavy atom. The highest BCUT2D eigenvalue weighted by atomic mass is 35.5. The van der Waals surface area contributed by atoms with Crippen LogP contribution in [0.2, 0.25) is 10.0 Å². The van der Waals surface area contributed by atoms with Gasteiger partial charge < -0.3 is 20.1 Å². The second-order valence-electron chi connectivity index (χ2n) is 5.81. The van der Waals surface area contributed by atoms with E-state index in [1.165, 1.54) is 0 Å². The Morgan fingerprint density at radius 3 is 2.56 bits per heavy atom. The van der Waals surface area contributed by atoms with Gasteiger partial charge in [-0.25, -0.2) is 0 Å². The fraction of sp³-hybridized carbons (Fsp3) is 0.167. The lowest BCUT2D eigenvalue weighted by Crippen LogP contribution is -2.30. The van der Waals surface area contributed by atoms with Gasteiger partial charge in [-0.1, -0.05) is 58.7 Å². The van der Waals surface area contributed by atoms with Crippen molar-refractivity contribution in [2.45, 2.75) is 19.4 Å². The van der Waals surface area contributed by atoms with E-state index in [-0.39, 0.29) is 16.5 Å². The Bertz CT molecular complexity index is 976. The zero-order valence-electron chi connectivity index (χ0n) is 14.1. The highest BCUT2D eigenvalue weighted by Crippen LogP contribution is 2.41. The Morgan fingerprint density at radius 1 is 1.22 bits per heavy atom. The predicted molar refractivity (Wildman–Crippen MR) is 99.2 cm³/mol. The van der Waals surface area contributed by atoms with Crippen LogP contribution >= 0.6 is 23.2 Å². The van der Waals surface area contributed by atoms with E-state index in [0.717, 1.165) is 11.6 Å². The van der Waals surface area contributed by atoms with Gasteiger partial charge in [0.2, 0.25) is 5.89 Å². The third kappa shape index (κ3) is 4.15. The van der Waals surface area contributed by atoms with Gasteiger partial charge in [-0.15, -0.1) is 0 Å². The summed E-state index contributed by atoms with van der Waals surface area (Å²) in [5, 5.41) is 25.7. The Balaban J connectivity index is 1.91. The monoisotopic (exact) mass is 407 g/mol. The summed E-state index contributed by atoms with van der Waals surface area (Å²) in [5.74, 6) is -1.08. The summed E-state index contributed by atoms with van der Waals surface area (Å²) in [5.41, 5.74) is 0.752. The van der Waals surface area contributed by atoms with Gasteiger partial charge in [0.1, 0.15) is 11.1 Å². The standard InChI is InChI=1S/C18H15Cl2N3O4/c1-9-21-18(27-23-9)13(7-10-5-3-2-4-6-10)22-17(26)11-8-12(19)16(25)14(20)15(11)24/h2-6,8,13,24-25H,7H2,1H3,(H,22,26). The topological polar surface area (TPSA) is 108 Å². The number of aromatic nitrogens is 2. The van der Waals surface area contributed by atoms with Crippen molar-refractivity contribution in [1.82, 2.24) is 15.5 Å². The minimum absolute atomic E-state index is 0.156. The molecule has 2 aromatic carbocycles. The maximum Gasteiger partial charge on any atom is 0.255 e. The Hall–Kier alpha value is -2.77. The van der Waals surface area contributed by atoms with Crippen LogP contribution in [-0.4, -0.2) is 26.3 Å². The molecule has 0 bridgehead atoms. The first-order chi connectivity index (χ1) is 12.9. The van der Waals surface area contributed by atoms with E-state index in [9.17, 15) is 15.0 Å². The number of amides is 1. The molecule has 0 fully saturated rings. The van der Waals surface area contributed by atoms with Crippen LogP contribution in [0.1, 0.15) is 33.7 Å². The highest BCUT2D eigenvalue weighted by Gasteiger charge is 2.25. The van der Waals surface area contributed by atoms with E-state index < -0.39 is 28.5 Å². The zero-order valence-corrected chi connectivity index (χ0v) is 15.6. The van der Waals surface area contributed by atoms with E-state index in [1.807, 2.05) is 30.3 Å². The highest BCUT2D eigenvalue weighted by molar-refractivity contribution is 6.38. The molecule has 3 rings (SSSR count). The molecule has 27 heavy (non-hydrogen) atoms. The van der Waals surface area contributed by atoms with Crippen molar-refractivity contribution in [3.05, 3.63) is 69.3 Å². The van der Waals surface area contributed by atoms with Gasteiger partial charge in [-0.3, -0.25) is 4.79 Å². The molecule has 3 N–H and O–H groups in total. The second-order valence-corrected chi connectivity index (χ2v) is 6.60. The molecule has 1 unspecified atom stereocenters. The second kappa shape index (κ2) is 7.85. The summed E-state index contributed by atoms with van der Waals surface area (Å²) in [6, 6.07) is 9.91. The number of hydrogen-bond donors (Lipinski definition) is 3. The summed E-state index contributed by atoms with van der Waals surface area (Å²) < 4.78 is 5.20. The normalized spacial score (nSPS) is 12.0. The van der Waals surface area contributed by atoms with E-state index in [0.29, 0.717) is 12.2 Å². The number of benzene rings is 2. The largest absolute Gasteiger partial charge is 0.505 e. The van der Waals surface area contributed by atoms with Gasteiger partial charge in [0.15, 0.2) is 17.3 Å². The van der Waals surface area contributed by atoms with Gasteiger partial charge in [-0.2, -0.15) is 4.98 Å². The quantitative estimate of drug-likeness (QED) is 0.593. The van der Waals surface area contributed by atoms with Gasteiger partial charge in [-0.05, 0) is 18.6 Å². The minimum atomic E-state index is -0.659. The molecule has 0 aliphatic carbocycles. The van der Waals surface area contributed by atoms with Crippen LogP contribution in [0.25, 0.3) is 0 Å². The summed E-state index contributed by atoms with van der Waals surface area (Å²) >= 11 is 11.7. The number of halogens is 2. The number of phenols is 2. The van der Waals surface area contributed by atoms with Gasteiger partial charge in [0.25, 0.3) is 5.91 Å². The first-order valence-corrected chi connectivity index (χ1v) is 8.67. The molecule has 7 nitrogen and oxygen atoms in total. The van der Waals surface area contributed by atoms with Crippen molar-refractivity contribution in [3.63, 3.8) is 0 Å². The van der Waals surface area contributed by atoms with Crippen molar-refractivity contribution in [2.75, 3.05) is 0 Å². The molecular formula is C18H15Cl2N3O4. The molecule has 3 aromatic rings. The summed E-state index contributed by atoms with van der Waals surface area (Å²) in [4.78, 5) is 16.9. The number of carbonyl (C=O) groups excluding carboxylic acids is 1. The Kier molecular flexibility index (Phi) is 5.53. The smallest absolute Gasteiger partial charge is 0.255 e. The number of phenolic OH excluding ortho intramolecular Hbond substituents is 2. The van der Waals surface area contributed by atoms with E-state index >= 15 is 0 Å². The summed E-state index contributed by atoms with van der Waals surface area (Å²) in [7, 11) is 0. The van der Waals surface area contributed by atoms with Crippen molar-refractivity contribution < 1.29 is 19.5 Å².